The van der Waals surface area contributed by atoms with E-state index < -0.39 is 0 Å². The Morgan fingerprint density at radius 1 is 1.53 bits per heavy atom. The normalized spacial score (nSPS) is 11.3. The molecule has 0 spiro atoms. The smallest absolute Gasteiger partial charge is 0.119 e. The molecule has 0 aliphatic rings. The van der Waals surface area contributed by atoms with Crippen LogP contribution < -0.4 is 4.74 Å². The molecule has 0 aliphatic carbocycles. The van der Waals surface area contributed by atoms with Gasteiger partial charge in [0.1, 0.15) is 12.4 Å². The van der Waals surface area contributed by atoms with E-state index >= 15 is 0 Å². The van der Waals surface area contributed by atoms with Crippen molar-refractivity contribution in [2.24, 2.45) is 5.11 Å². The van der Waals surface area contributed by atoms with Gasteiger partial charge in [0, 0.05) is 4.91 Å². The maximum atomic E-state index is 8.29. The van der Waals surface area contributed by atoms with Crippen LogP contribution in [0.2, 0.25) is 0 Å². The largest absolute Gasteiger partial charge is 0.490 e. The van der Waals surface area contributed by atoms with Crippen LogP contribution in [0.4, 0.5) is 0 Å². The van der Waals surface area contributed by atoms with Crippen molar-refractivity contribution < 1.29 is 4.74 Å². The Hall–Kier alpha value is -1.93. The molecule has 0 fully saturated rings. The Bertz CT molecular complexity index is 366. The molecular weight excluding hydrogens is 190 g/mol. The summed E-state index contributed by atoms with van der Waals surface area (Å²) in [6, 6.07) is 7.32. The van der Waals surface area contributed by atoms with E-state index in [1.165, 1.54) is 0 Å². The maximum absolute atomic E-state index is 8.29. The predicted molar refractivity (Wildman–Crippen MR) is 59.7 cm³/mol. The van der Waals surface area contributed by atoms with Gasteiger partial charge in [0.2, 0.25) is 0 Å². The first-order valence-electron chi connectivity index (χ1n) is 4.65. The molecule has 4 nitrogen and oxygen atoms in total. The van der Waals surface area contributed by atoms with Gasteiger partial charge < -0.3 is 4.74 Å². The molecule has 1 unspecified atom stereocenters. The lowest BCUT2D eigenvalue weighted by Crippen LogP contribution is -1.93. The number of rotatable bonds is 5. The van der Waals surface area contributed by atoms with Crippen LogP contribution in [0.25, 0.3) is 10.4 Å². The van der Waals surface area contributed by atoms with E-state index in [1.54, 1.807) is 6.08 Å². The molecule has 0 aromatic heterocycles. The summed E-state index contributed by atoms with van der Waals surface area (Å²) in [6.45, 7) is 5.90. The van der Waals surface area contributed by atoms with Crippen molar-refractivity contribution in [2.75, 3.05) is 6.61 Å². The lowest BCUT2D eigenvalue weighted by atomic mass is 10.1. The number of ether oxygens (including phenoxy) is 1. The fourth-order valence-electron chi connectivity index (χ4n) is 1.14. The van der Waals surface area contributed by atoms with Gasteiger partial charge in [-0.1, -0.05) is 36.8 Å². The number of hydrogen-bond donors (Lipinski definition) is 0. The van der Waals surface area contributed by atoms with E-state index in [4.69, 9.17) is 10.3 Å². The van der Waals surface area contributed by atoms with Crippen molar-refractivity contribution in [3.05, 3.63) is 52.9 Å². The van der Waals surface area contributed by atoms with E-state index in [0.717, 1.165) is 11.3 Å². The minimum absolute atomic E-state index is 0.150. The molecule has 4 heteroatoms. The summed E-state index contributed by atoms with van der Waals surface area (Å²) < 4.78 is 5.33. The molecule has 0 saturated carbocycles. The molecule has 1 aromatic carbocycles. The van der Waals surface area contributed by atoms with Crippen LogP contribution in [0.1, 0.15) is 18.5 Å². The zero-order valence-corrected chi connectivity index (χ0v) is 8.63. The fourth-order valence-corrected chi connectivity index (χ4v) is 1.14. The molecule has 0 amide bonds. The van der Waals surface area contributed by atoms with Crippen molar-refractivity contribution in [1.82, 2.24) is 0 Å². The summed E-state index contributed by atoms with van der Waals surface area (Å²) in [7, 11) is 0. The molecule has 15 heavy (non-hydrogen) atoms. The molecule has 0 radical (unpaired) electrons. The summed E-state index contributed by atoms with van der Waals surface area (Å²) in [5.74, 6) is 0.784. The molecule has 1 rings (SSSR count). The summed E-state index contributed by atoms with van der Waals surface area (Å²) in [5.41, 5.74) is 9.26. The van der Waals surface area contributed by atoms with Crippen LogP contribution in [0.15, 0.2) is 42.0 Å². The van der Waals surface area contributed by atoms with Crippen molar-refractivity contribution in [3.8, 4) is 5.75 Å². The Kier molecular flexibility index (Phi) is 4.26. The fraction of sp³-hybridized carbons (Fsp3) is 0.273. The van der Waals surface area contributed by atoms with Crippen molar-refractivity contribution >= 4 is 0 Å². The SMILES string of the molecule is C=CCOc1ccc(C(C)N=[N+]=[N-])cc1. The maximum Gasteiger partial charge on any atom is 0.119 e. The molecule has 0 aliphatic heterocycles. The van der Waals surface area contributed by atoms with Crippen LogP contribution in [0.5, 0.6) is 5.75 Å². The zero-order valence-electron chi connectivity index (χ0n) is 8.63. The average Bonchev–Trinajstić information content (AvgIpc) is 2.27. The van der Waals surface area contributed by atoms with E-state index in [0.29, 0.717) is 6.61 Å². The quantitative estimate of drug-likeness (QED) is 0.312. The van der Waals surface area contributed by atoms with Gasteiger partial charge in [-0.25, -0.2) is 0 Å². The third-order valence-corrected chi connectivity index (χ3v) is 1.96. The standard InChI is InChI=1S/C11H13N3O/c1-3-8-15-11-6-4-10(5-7-11)9(2)13-14-12/h3-7,9H,1,8H2,2H3. The molecule has 0 N–H and O–H groups in total. The zero-order chi connectivity index (χ0) is 11.1. The molecule has 0 saturated heterocycles. The van der Waals surface area contributed by atoms with Gasteiger partial charge in [-0.05, 0) is 23.2 Å². The molecule has 78 valence electrons. The van der Waals surface area contributed by atoms with Crippen LogP contribution >= 0.6 is 0 Å². The van der Waals surface area contributed by atoms with Gasteiger partial charge in [-0.15, -0.1) is 0 Å². The highest BCUT2D eigenvalue weighted by atomic mass is 16.5. The van der Waals surface area contributed by atoms with E-state index in [9.17, 15) is 0 Å². The number of azide groups is 1. The third kappa shape index (κ3) is 3.37. The van der Waals surface area contributed by atoms with Crippen molar-refractivity contribution in [3.63, 3.8) is 0 Å². The topological polar surface area (TPSA) is 58.0 Å². The van der Waals surface area contributed by atoms with E-state index in [1.807, 2.05) is 31.2 Å². The molecule has 0 bridgehead atoms. The summed E-state index contributed by atoms with van der Waals surface area (Å²) in [4.78, 5) is 2.76. The lowest BCUT2D eigenvalue weighted by Gasteiger charge is -2.07. The van der Waals surface area contributed by atoms with Crippen LogP contribution in [-0.4, -0.2) is 6.61 Å². The molecule has 1 atom stereocenters. The van der Waals surface area contributed by atoms with Crippen LogP contribution in [-0.2, 0) is 0 Å². The second-order valence-electron chi connectivity index (χ2n) is 3.05. The van der Waals surface area contributed by atoms with Gasteiger partial charge in [-0.2, -0.15) is 0 Å². The second kappa shape index (κ2) is 5.73. The highest BCUT2D eigenvalue weighted by Crippen LogP contribution is 2.20. The van der Waals surface area contributed by atoms with E-state index in [2.05, 4.69) is 16.6 Å². The minimum Gasteiger partial charge on any atom is -0.490 e. The van der Waals surface area contributed by atoms with Gasteiger partial charge in [-0.3, -0.25) is 0 Å². The number of nitrogens with zero attached hydrogens (tertiary/aromatic N) is 3. The first-order valence-corrected chi connectivity index (χ1v) is 4.65. The molecule has 0 heterocycles. The average molecular weight is 203 g/mol. The first-order chi connectivity index (χ1) is 7.27. The Balaban J connectivity index is 2.71. The Labute approximate surface area is 88.8 Å². The number of benzene rings is 1. The van der Waals surface area contributed by atoms with Gasteiger partial charge >= 0.3 is 0 Å². The van der Waals surface area contributed by atoms with Crippen LogP contribution in [0.3, 0.4) is 0 Å². The lowest BCUT2D eigenvalue weighted by molar-refractivity contribution is 0.363. The highest BCUT2D eigenvalue weighted by molar-refractivity contribution is 5.29. The van der Waals surface area contributed by atoms with Gasteiger partial charge in [0.25, 0.3) is 0 Å². The number of hydrogen-bond acceptors (Lipinski definition) is 2. The molecule has 1 aromatic rings. The van der Waals surface area contributed by atoms with Gasteiger partial charge in [0.05, 0.1) is 6.04 Å². The Morgan fingerprint density at radius 3 is 2.73 bits per heavy atom. The van der Waals surface area contributed by atoms with Crippen molar-refractivity contribution in [1.29, 1.82) is 0 Å². The third-order valence-electron chi connectivity index (χ3n) is 1.96. The summed E-state index contributed by atoms with van der Waals surface area (Å²) >= 11 is 0. The van der Waals surface area contributed by atoms with Gasteiger partial charge in [0.15, 0.2) is 0 Å². The summed E-state index contributed by atoms with van der Waals surface area (Å²) in [6.07, 6.45) is 1.69. The Morgan fingerprint density at radius 2 is 2.20 bits per heavy atom. The first kappa shape index (κ1) is 11.1. The molecular formula is C11H13N3O. The minimum atomic E-state index is -0.150. The van der Waals surface area contributed by atoms with Crippen molar-refractivity contribution in [2.45, 2.75) is 13.0 Å². The highest BCUT2D eigenvalue weighted by Gasteiger charge is 2.02. The van der Waals surface area contributed by atoms with E-state index in [-0.39, 0.29) is 6.04 Å². The monoisotopic (exact) mass is 203 g/mol. The van der Waals surface area contributed by atoms with Crippen LogP contribution in [0, 0.1) is 0 Å². The predicted octanol–water partition coefficient (Wildman–Crippen LogP) is 3.62. The summed E-state index contributed by atoms with van der Waals surface area (Å²) in [5, 5.41) is 3.61. The second-order valence-corrected chi connectivity index (χ2v) is 3.05.